The lowest BCUT2D eigenvalue weighted by atomic mass is 9.99. The van der Waals surface area contributed by atoms with Crippen LogP contribution in [0.4, 0.5) is 11.4 Å². The SMILES string of the molecule is CC1CCCN(C(=O)c2ccc(NC3=C(Cl)C(=O)N(c4ccc(Cl)cc4)C3=O)cc2)C1. The van der Waals surface area contributed by atoms with E-state index in [-0.39, 0.29) is 16.6 Å². The molecule has 4 rings (SSSR count). The summed E-state index contributed by atoms with van der Waals surface area (Å²) in [6.07, 6.45) is 2.15. The number of hydrogen-bond acceptors (Lipinski definition) is 4. The number of nitrogens with one attached hydrogen (secondary N) is 1. The van der Waals surface area contributed by atoms with Crippen LogP contribution in [0.1, 0.15) is 30.1 Å². The van der Waals surface area contributed by atoms with E-state index in [4.69, 9.17) is 23.2 Å². The standard InChI is InChI=1S/C23H21Cl2N3O3/c1-14-3-2-12-27(13-14)21(29)15-4-8-17(9-5-15)26-20-19(25)22(30)28(23(20)31)18-10-6-16(24)7-11-18/h4-11,14,26H,2-3,12-13H2,1H3. The Kier molecular flexibility index (Phi) is 6.03. The van der Waals surface area contributed by atoms with Gasteiger partial charge in [-0.15, -0.1) is 0 Å². The predicted molar refractivity (Wildman–Crippen MR) is 121 cm³/mol. The number of amides is 3. The smallest absolute Gasteiger partial charge is 0.283 e. The number of carbonyl (C=O) groups is 3. The highest BCUT2D eigenvalue weighted by molar-refractivity contribution is 6.53. The number of likely N-dealkylation sites (tertiary alicyclic amines) is 1. The highest BCUT2D eigenvalue weighted by Crippen LogP contribution is 2.31. The number of rotatable bonds is 4. The van der Waals surface area contributed by atoms with Gasteiger partial charge in [0.1, 0.15) is 10.7 Å². The zero-order valence-corrected chi connectivity index (χ0v) is 18.4. The van der Waals surface area contributed by atoms with Crippen LogP contribution < -0.4 is 10.2 Å². The molecule has 2 aliphatic heterocycles. The Bertz CT molecular complexity index is 1060. The number of nitrogens with zero attached hydrogens (tertiary/aromatic N) is 2. The molecule has 2 aromatic rings. The fraction of sp³-hybridized carbons (Fsp3) is 0.261. The second kappa shape index (κ2) is 8.73. The molecule has 2 aromatic carbocycles. The predicted octanol–water partition coefficient (Wildman–Crippen LogP) is 4.65. The Morgan fingerprint density at radius 2 is 1.68 bits per heavy atom. The van der Waals surface area contributed by atoms with Crippen LogP contribution in [0, 0.1) is 5.92 Å². The lowest BCUT2D eigenvalue weighted by molar-refractivity contribution is -0.120. The monoisotopic (exact) mass is 457 g/mol. The Labute approximate surface area is 190 Å². The molecule has 2 aliphatic rings. The number of piperidine rings is 1. The molecule has 0 saturated carbocycles. The van der Waals surface area contributed by atoms with Gasteiger partial charge in [0.2, 0.25) is 0 Å². The molecule has 1 N–H and O–H groups in total. The summed E-state index contributed by atoms with van der Waals surface area (Å²) in [5, 5.41) is 3.22. The van der Waals surface area contributed by atoms with E-state index in [0.717, 1.165) is 30.8 Å². The topological polar surface area (TPSA) is 69.7 Å². The van der Waals surface area contributed by atoms with E-state index in [9.17, 15) is 14.4 Å². The molecule has 8 heteroatoms. The first kappa shape index (κ1) is 21.4. The molecule has 0 aromatic heterocycles. The van der Waals surface area contributed by atoms with E-state index in [1.54, 1.807) is 48.5 Å². The maximum Gasteiger partial charge on any atom is 0.283 e. The third kappa shape index (κ3) is 4.31. The molecule has 0 radical (unpaired) electrons. The van der Waals surface area contributed by atoms with Crippen LogP contribution >= 0.6 is 23.2 Å². The van der Waals surface area contributed by atoms with Gasteiger partial charge >= 0.3 is 0 Å². The Hall–Kier alpha value is -2.83. The highest BCUT2D eigenvalue weighted by atomic mass is 35.5. The lowest BCUT2D eigenvalue weighted by Crippen LogP contribution is -2.39. The van der Waals surface area contributed by atoms with Crippen LogP contribution in [0.2, 0.25) is 5.02 Å². The number of anilines is 2. The Balaban J connectivity index is 1.48. The first-order chi connectivity index (χ1) is 14.8. The van der Waals surface area contributed by atoms with Gasteiger partial charge in [-0.25, -0.2) is 4.90 Å². The number of carbonyl (C=O) groups excluding carboxylic acids is 3. The van der Waals surface area contributed by atoms with E-state index in [1.165, 1.54) is 0 Å². The van der Waals surface area contributed by atoms with E-state index >= 15 is 0 Å². The van der Waals surface area contributed by atoms with Gasteiger partial charge in [0, 0.05) is 29.4 Å². The number of hydrogen-bond donors (Lipinski definition) is 1. The summed E-state index contributed by atoms with van der Waals surface area (Å²) in [4.78, 5) is 41.0. The molecule has 1 fully saturated rings. The van der Waals surface area contributed by atoms with Crippen LogP contribution in [-0.2, 0) is 9.59 Å². The number of imide groups is 1. The molecule has 0 bridgehead atoms. The van der Waals surface area contributed by atoms with Gasteiger partial charge in [-0.2, -0.15) is 0 Å². The van der Waals surface area contributed by atoms with Crippen LogP contribution in [0.3, 0.4) is 0 Å². The quantitative estimate of drug-likeness (QED) is 0.678. The highest BCUT2D eigenvalue weighted by Gasteiger charge is 2.39. The maximum absolute atomic E-state index is 12.8. The van der Waals surface area contributed by atoms with Crippen molar-refractivity contribution in [2.24, 2.45) is 5.92 Å². The van der Waals surface area contributed by atoms with E-state index in [0.29, 0.717) is 27.9 Å². The van der Waals surface area contributed by atoms with Crippen molar-refractivity contribution in [1.29, 1.82) is 0 Å². The van der Waals surface area contributed by atoms with Gasteiger partial charge < -0.3 is 10.2 Å². The average molecular weight is 458 g/mol. The second-order valence-corrected chi connectivity index (χ2v) is 8.63. The van der Waals surface area contributed by atoms with Crippen molar-refractivity contribution in [1.82, 2.24) is 4.90 Å². The van der Waals surface area contributed by atoms with Gasteiger partial charge in [-0.3, -0.25) is 14.4 Å². The molecular formula is C23H21Cl2N3O3. The van der Waals surface area contributed by atoms with Crippen molar-refractivity contribution in [3.05, 3.63) is 69.8 Å². The summed E-state index contributed by atoms with van der Waals surface area (Å²) < 4.78 is 0. The lowest BCUT2D eigenvalue weighted by Gasteiger charge is -2.31. The summed E-state index contributed by atoms with van der Waals surface area (Å²) in [6.45, 7) is 3.68. The third-order valence-corrected chi connectivity index (χ3v) is 6.06. The van der Waals surface area contributed by atoms with Crippen LogP contribution in [0.5, 0.6) is 0 Å². The number of benzene rings is 2. The average Bonchev–Trinajstić information content (AvgIpc) is 2.98. The molecule has 0 spiro atoms. The van der Waals surface area contributed by atoms with Gasteiger partial charge in [-0.05, 0) is 67.3 Å². The van der Waals surface area contributed by atoms with Gasteiger partial charge in [-0.1, -0.05) is 30.1 Å². The van der Waals surface area contributed by atoms with Gasteiger partial charge in [0.05, 0.1) is 5.69 Å². The summed E-state index contributed by atoms with van der Waals surface area (Å²) in [7, 11) is 0. The molecule has 1 atom stereocenters. The minimum Gasteiger partial charge on any atom is -0.350 e. The molecular weight excluding hydrogens is 437 g/mol. The molecule has 160 valence electrons. The van der Waals surface area contributed by atoms with Crippen molar-refractivity contribution in [3.63, 3.8) is 0 Å². The Morgan fingerprint density at radius 3 is 2.32 bits per heavy atom. The molecule has 6 nitrogen and oxygen atoms in total. The van der Waals surface area contributed by atoms with Crippen LogP contribution in [-0.4, -0.2) is 35.7 Å². The summed E-state index contributed by atoms with van der Waals surface area (Å²) >= 11 is 12.0. The molecule has 2 heterocycles. The molecule has 3 amide bonds. The largest absolute Gasteiger partial charge is 0.350 e. The Morgan fingerprint density at radius 1 is 1.00 bits per heavy atom. The van der Waals surface area contributed by atoms with Crippen molar-refractivity contribution in [2.75, 3.05) is 23.3 Å². The van der Waals surface area contributed by atoms with E-state index < -0.39 is 11.8 Å². The zero-order valence-electron chi connectivity index (χ0n) is 16.9. The van der Waals surface area contributed by atoms with Crippen molar-refractivity contribution in [3.8, 4) is 0 Å². The number of halogens is 2. The fourth-order valence-electron chi connectivity index (χ4n) is 3.83. The van der Waals surface area contributed by atoms with Crippen molar-refractivity contribution < 1.29 is 14.4 Å². The van der Waals surface area contributed by atoms with E-state index in [1.807, 2.05) is 4.90 Å². The fourth-order valence-corrected chi connectivity index (χ4v) is 4.17. The minimum atomic E-state index is -0.609. The molecule has 0 aliphatic carbocycles. The van der Waals surface area contributed by atoms with Gasteiger partial charge in [0.15, 0.2) is 0 Å². The van der Waals surface area contributed by atoms with Crippen molar-refractivity contribution >= 4 is 52.3 Å². The second-order valence-electron chi connectivity index (χ2n) is 7.81. The normalized spacial score (nSPS) is 19.3. The summed E-state index contributed by atoms with van der Waals surface area (Å²) in [5.41, 5.74) is 1.50. The maximum atomic E-state index is 12.8. The van der Waals surface area contributed by atoms with Crippen LogP contribution in [0.25, 0.3) is 0 Å². The first-order valence-corrected chi connectivity index (χ1v) is 10.8. The molecule has 1 saturated heterocycles. The summed E-state index contributed by atoms with van der Waals surface area (Å²) in [6, 6.07) is 13.1. The molecule has 1 unspecified atom stereocenters. The summed E-state index contributed by atoms with van der Waals surface area (Å²) in [5.74, 6) is -0.666. The van der Waals surface area contributed by atoms with Crippen molar-refractivity contribution in [2.45, 2.75) is 19.8 Å². The minimum absolute atomic E-state index is 0.00335. The first-order valence-electron chi connectivity index (χ1n) is 10.1. The molecule has 31 heavy (non-hydrogen) atoms. The third-order valence-electron chi connectivity index (χ3n) is 5.46. The van der Waals surface area contributed by atoms with Crippen LogP contribution in [0.15, 0.2) is 59.3 Å². The van der Waals surface area contributed by atoms with Gasteiger partial charge in [0.25, 0.3) is 17.7 Å². The zero-order chi connectivity index (χ0) is 22.1. The van der Waals surface area contributed by atoms with E-state index in [2.05, 4.69) is 12.2 Å².